The molecule has 0 radical (unpaired) electrons. The van der Waals surface area contributed by atoms with Crippen LogP contribution in [-0.4, -0.2) is 61.8 Å². The van der Waals surface area contributed by atoms with E-state index in [9.17, 15) is 14.4 Å². The second kappa shape index (κ2) is 10.4. The fourth-order valence-corrected chi connectivity index (χ4v) is 4.71. The van der Waals surface area contributed by atoms with Gasteiger partial charge < -0.3 is 29.7 Å². The van der Waals surface area contributed by atoms with Crippen LogP contribution in [0.4, 0.5) is 16.2 Å². The van der Waals surface area contributed by atoms with E-state index in [1.807, 2.05) is 32.0 Å². The van der Waals surface area contributed by atoms with Crippen LogP contribution in [0.15, 0.2) is 36.4 Å². The van der Waals surface area contributed by atoms with Crippen molar-refractivity contribution in [2.24, 2.45) is 0 Å². The minimum Gasteiger partial charge on any atom is -0.490 e. The number of amides is 3. The second-order valence-electron chi connectivity index (χ2n) is 9.12. The van der Waals surface area contributed by atoms with Crippen LogP contribution in [0, 0.1) is 13.8 Å². The molecule has 2 aliphatic rings. The number of aryl methyl sites for hydroxylation is 2. The van der Waals surface area contributed by atoms with Crippen LogP contribution < -0.4 is 15.4 Å². The van der Waals surface area contributed by atoms with E-state index in [1.54, 1.807) is 30.1 Å². The maximum absolute atomic E-state index is 13.3. The fourth-order valence-electron chi connectivity index (χ4n) is 4.71. The minimum atomic E-state index is -0.403. The number of fused-ring (bicyclic) bond motifs is 2. The minimum absolute atomic E-state index is 0.174. The molecule has 1 fully saturated rings. The van der Waals surface area contributed by atoms with Crippen LogP contribution >= 0.6 is 0 Å². The van der Waals surface area contributed by atoms with Gasteiger partial charge in [0.2, 0.25) is 0 Å². The molecule has 2 heterocycles. The highest BCUT2D eigenvalue weighted by atomic mass is 16.5. The van der Waals surface area contributed by atoms with E-state index < -0.39 is 6.03 Å². The van der Waals surface area contributed by atoms with E-state index >= 15 is 0 Å². The standard InChI is InChI=1S/C26H31N3O6/c1-15-9-16(2)11-18(10-15)28-26(32)27-17-5-8-22-20(12-17)25(31)29(3)21-7-6-19(13-24(30)33-4)35-23(21)14-34-22/h5,8-12,19,21,23H,6-7,13-14H2,1-4H3,(H2,27,28,32)/t19-,21-,23+/m1/s1. The molecule has 1 saturated heterocycles. The Kier molecular flexibility index (Phi) is 7.25. The molecule has 0 bridgehead atoms. The van der Waals surface area contributed by atoms with Crippen molar-refractivity contribution in [3.8, 4) is 5.75 Å². The van der Waals surface area contributed by atoms with Crippen molar-refractivity contribution in [2.45, 2.75) is 51.4 Å². The molecule has 0 aromatic heterocycles. The number of rotatable bonds is 4. The van der Waals surface area contributed by atoms with Gasteiger partial charge in [0.1, 0.15) is 18.5 Å². The van der Waals surface area contributed by atoms with Crippen molar-refractivity contribution in [3.63, 3.8) is 0 Å². The number of nitrogens with zero attached hydrogens (tertiary/aromatic N) is 1. The van der Waals surface area contributed by atoms with Crippen molar-refractivity contribution in [3.05, 3.63) is 53.1 Å². The number of hydrogen-bond acceptors (Lipinski definition) is 6. The Hall–Kier alpha value is -3.59. The Labute approximate surface area is 204 Å². The van der Waals surface area contributed by atoms with Crippen molar-refractivity contribution in [1.29, 1.82) is 0 Å². The lowest BCUT2D eigenvalue weighted by Crippen LogP contribution is -2.53. The molecule has 0 aliphatic carbocycles. The van der Waals surface area contributed by atoms with Gasteiger partial charge in [-0.3, -0.25) is 9.59 Å². The zero-order valence-corrected chi connectivity index (χ0v) is 20.4. The molecule has 0 spiro atoms. The maximum Gasteiger partial charge on any atom is 0.323 e. The van der Waals surface area contributed by atoms with Crippen LogP contribution in [0.5, 0.6) is 5.75 Å². The fraction of sp³-hybridized carbons (Fsp3) is 0.423. The molecule has 2 N–H and O–H groups in total. The van der Waals surface area contributed by atoms with E-state index in [1.165, 1.54) is 7.11 Å². The highest BCUT2D eigenvalue weighted by Gasteiger charge is 2.39. The van der Waals surface area contributed by atoms with Gasteiger partial charge in [-0.1, -0.05) is 6.07 Å². The summed E-state index contributed by atoms with van der Waals surface area (Å²) in [6.45, 7) is 4.18. The van der Waals surface area contributed by atoms with E-state index in [-0.39, 0.29) is 43.2 Å². The molecule has 3 amide bonds. The molecule has 2 aromatic rings. The summed E-state index contributed by atoms with van der Waals surface area (Å²) in [5.41, 5.74) is 3.64. The number of ether oxygens (including phenoxy) is 3. The normalized spacial score (nSPS) is 21.5. The molecule has 2 aliphatic heterocycles. The summed E-state index contributed by atoms with van der Waals surface area (Å²) >= 11 is 0. The highest BCUT2D eigenvalue weighted by Crippen LogP contribution is 2.32. The maximum atomic E-state index is 13.3. The summed E-state index contributed by atoms with van der Waals surface area (Å²) in [7, 11) is 3.10. The third kappa shape index (κ3) is 5.74. The van der Waals surface area contributed by atoms with Crippen LogP contribution in [0.2, 0.25) is 0 Å². The van der Waals surface area contributed by atoms with Crippen molar-refractivity contribution < 1.29 is 28.6 Å². The van der Waals surface area contributed by atoms with Crippen molar-refractivity contribution in [2.75, 3.05) is 31.4 Å². The van der Waals surface area contributed by atoms with Gasteiger partial charge in [-0.15, -0.1) is 0 Å². The summed E-state index contributed by atoms with van der Waals surface area (Å²) in [5.74, 6) is -0.126. The van der Waals surface area contributed by atoms with Crippen molar-refractivity contribution in [1.82, 2.24) is 4.90 Å². The lowest BCUT2D eigenvalue weighted by Gasteiger charge is -2.42. The SMILES string of the molecule is COC(=O)C[C@H]1CC[C@@H]2[C@H](COc3ccc(NC(=O)Nc4cc(C)cc(C)c4)cc3C(=O)N2C)O1. The van der Waals surface area contributed by atoms with Gasteiger partial charge in [0.15, 0.2) is 0 Å². The first kappa shape index (κ1) is 24.5. The Morgan fingerprint density at radius 1 is 1.06 bits per heavy atom. The molecular weight excluding hydrogens is 450 g/mol. The average molecular weight is 482 g/mol. The van der Waals surface area contributed by atoms with Gasteiger partial charge in [-0.25, -0.2) is 4.79 Å². The third-order valence-electron chi connectivity index (χ3n) is 6.37. The number of hydrogen-bond donors (Lipinski definition) is 2. The number of nitrogens with one attached hydrogen (secondary N) is 2. The third-order valence-corrected chi connectivity index (χ3v) is 6.37. The topological polar surface area (TPSA) is 106 Å². The smallest absolute Gasteiger partial charge is 0.323 e. The Morgan fingerprint density at radius 2 is 1.77 bits per heavy atom. The first-order valence-electron chi connectivity index (χ1n) is 11.7. The van der Waals surface area contributed by atoms with Gasteiger partial charge in [0, 0.05) is 18.4 Å². The highest BCUT2D eigenvalue weighted by molar-refractivity contribution is 6.02. The number of carbonyl (C=O) groups is 3. The number of likely N-dealkylation sites (N-methyl/N-ethyl adjacent to an activating group) is 1. The average Bonchev–Trinajstić information content (AvgIpc) is 2.81. The summed E-state index contributed by atoms with van der Waals surface area (Å²) in [4.78, 5) is 39.2. The van der Waals surface area contributed by atoms with Gasteiger partial charge in [-0.2, -0.15) is 0 Å². The van der Waals surface area contributed by atoms with Crippen molar-refractivity contribution >= 4 is 29.3 Å². The monoisotopic (exact) mass is 481 g/mol. The first-order chi connectivity index (χ1) is 16.7. The number of esters is 1. The van der Waals surface area contributed by atoms with Crippen LogP contribution in [-0.2, 0) is 14.3 Å². The van der Waals surface area contributed by atoms with Crippen LogP contribution in [0.3, 0.4) is 0 Å². The molecular formula is C26H31N3O6. The zero-order valence-electron chi connectivity index (χ0n) is 20.4. The molecule has 3 atom stereocenters. The lowest BCUT2D eigenvalue weighted by atomic mass is 9.94. The predicted octanol–water partition coefficient (Wildman–Crippen LogP) is 3.89. The molecule has 2 aromatic carbocycles. The summed E-state index contributed by atoms with van der Waals surface area (Å²) in [5, 5.41) is 5.62. The second-order valence-corrected chi connectivity index (χ2v) is 9.12. The molecule has 35 heavy (non-hydrogen) atoms. The Bertz CT molecular complexity index is 1110. The van der Waals surface area contributed by atoms with Crippen LogP contribution in [0.25, 0.3) is 0 Å². The Morgan fingerprint density at radius 3 is 2.49 bits per heavy atom. The first-order valence-corrected chi connectivity index (χ1v) is 11.7. The molecule has 186 valence electrons. The van der Waals surface area contributed by atoms with Gasteiger partial charge in [-0.05, 0) is 68.1 Å². The molecule has 0 saturated carbocycles. The lowest BCUT2D eigenvalue weighted by molar-refractivity contribution is -0.151. The number of methoxy groups -OCH3 is 1. The summed E-state index contributed by atoms with van der Waals surface area (Å²) in [6, 6.07) is 10.2. The largest absolute Gasteiger partial charge is 0.490 e. The van der Waals surface area contributed by atoms with E-state index in [4.69, 9.17) is 14.2 Å². The quantitative estimate of drug-likeness (QED) is 0.642. The van der Waals surface area contributed by atoms with E-state index in [2.05, 4.69) is 10.6 Å². The summed E-state index contributed by atoms with van der Waals surface area (Å²) < 4.78 is 16.8. The number of benzene rings is 2. The number of anilines is 2. The zero-order chi connectivity index (χ0) is 25.1. The van der Waals surface area contributed by atoms with Gasteiger partial charge in [0.25, 0.3) is 5.91 Å². The molecule has 9 heteroatoms. The van der Waals surface area contributed by atoms with E-state index in [0.29, 0.717) is 35.5 Å². The summed E-state index contributed by atoms with van der Waals surface area (Å²) in [6.07, 6.45) is 0.872. The molecule has 9 nitrogen and oxygen atoms in total. The molecule has 4 rings (SSSR count). The van der Waals surface area contributed by atoms with Crippen LogP contribution in [0.1, 0.15) is 40.7 Å². The Balaban J connectivity index is 1.47. The van der Waals surface area contributed by atoms with Gasteiger partial charge in [0.05, 0.1) is 31.2 Å². The number of carbonyl (C=O) groups excluding carboxylic acids is 3. The number of urea groups is 1. The van der Waals surface area contributed by atoms with E-state index in [0.717, 1.165) is 11.1 Å². The predicted molar refractivity (Wildman–Crippen MR) is 131 cm³/mol. The van der Waals surface area contributed by atoms with Gasteiger partial charge >= 0.3 is 12.0 Å². The molecule has 0 unspecified atom stereocenters.